The van der Waals surface area contributed by atoms with E-state index in [0.717, 1.165) is 16.8 Å². The molecule has 52 valence electrons. The molecule has 2 nitrogen and oxygen atoms in total. The van der Waals surface area contributed by atoms with E-state index < -0.39 is 0 Å². The summed E-state index contributed by atoms with van der Waals surface area (Å²) in [7, 11) is 2.60. The van der Waals surface area contributed by atoms with Crippen molar-refractivity contribution < 1.29 is 9.47 Å². The van der Waals surface area contributed by atoms with Gasteiger partial charge in [-0.15, -0.1) is 9.24 Å². The molecule has 1 aliphatic rings. The van der Waals surface area contributed by atoms with Crippen molar-refractivity contribution in [1.82, 2.24) is 0 Å². The molecule has 0 N–H and O–H groups in total. The highest BCUT2D eigenvalue weighted by Gasteiger charge is 2.13. The molecule has 0 aliphatic carbocycles. The standard InChI is InChI=1S/C7H7O2P/c10-6-3-1-2-5-7(6)9-4-8-5/h1-3H,4,10H2. The van der Waals surface area contributed by atoms with E-state index in [-0.39, 0.29) is 0 Å². The van der Waals surface area contributed by atoms with E-state index in [1.165, 1.54) is 0 Å². The van der Waals surface area contributed by atoms with Crippen LogP contribution in [0.25, 0.3) is 0 Å². The van der Waals surface area contributed by atoms with Gasteiger partial charge in [0.1, 0.15) is 0 Å². The summed E-state index contributed by atoms with van der Waals surface area (Å²) in [6, 6.07) is 5.81. The second-order valence-corrected chi connectivity index (χ2v) is 2.70. The summed E-state index contributed by atoms with van der Waals surface area (Å²) in [5.41, 5.74) is 0. The van der Waals surface area contributed by atoms with Gasteiger partial charge in [0.05, 0.1) is 0 Å². The predicted molar refractivity (Wildman–Crippen MR) is 41.9 cm³/mol. The molecule has 0 saturated heterocycles. The molecule has 1 unspecified atom stereocenters. The lowest BCUT2D eigenvalue weighted by atomic mass is 10.3. The highest BCUT2D eigenvalue weighted by Crippen LogP contribution is 2.30. The van der Waals surface area contributed by atoms with Gasteiger partial charge < -0.3 is 9.47 Å². The SMILES string of the molecule is Pc1cccc2c1OCO2. The van der Waals surface area contributed by atoms with Crippen LogP contribution in [0.1, 0.15) is 0 Å². The van der Waals surface area contributed by atoms with Crippen LogP contribution >= 0.6 is 9.24 Å². The summed E-state index contributed by atoms with van der Waals surface area (Å²) < 4.78 is 10.3. The zero-order chi connectivity index (χ0) is 6.97. The van der Waals surface area contributed by atoms with Gasteiger partial charge in [0.25, 0.3) is 0 Å². The van der Waals surface area contributed by atoms with Gasteiger partial charge in [-0.2, -0.15) is 0 Å². The van der Waals surface area contributed by atoms with Crippen molar-refractivity contribution in [2.24, 2.45) is 0 Å². The Morgan fingerprint density at radius 2 is 2.20 bits per heavy atom. The fourth-order valence-electron chi connectivity index (χ4n) is 0.953. The van der Waals surface area contributed by atoms with E-state index in [9.17, 15) is 0 Å². The number of benzene rings is 1. The number of hydrogen-bond acceptors (Lipinski definition) is 2. The molecule has 0 amide bonds. The fourth-order valence-corrected chi connectivity index (χ4v) is 1.29. The Morgan fingerprint density at radius 3 is 3.00 bits per heavy atom. The zero-order valence-corrected chi connectivity index (χ0v) is 6.49. The Bertz CT molecular complexity index is 260. The fraction of sp³-hybridized carbons (Fsp3) is 0.143. The molecule has 0 spiro atoms. The van der Waals surface area contributed by atoms with Crippen molar-refractivity contribution in [3.63, 3.8) is 0 Å². The Hall–Kier alpha value is -0.750. The second kappa shape index (κ2) is 2.14. The van der Waals surface area contributed by atoms with Crippen molar-refractivity contribution in [3.8, 4) is 11.5 Å². The molecule has 3 heteroatoms. The normalized spacial score (nSPS) is 13.7. The van der Waals surface area contributed by atoms with Crippen LogP contribution in [0.5, 0.6) is 11.5 Å². The second-order valence-electron chi connectivity index (χ2n) is 2.08. The number of ether oxygens (including phenoxy) is 2. The molecule has 1 atom stereocenters. The minimum atomic E-state index is 0.348. The number of hydrogen-bond donors (Lipinski definition) is 0. The molecule has 1 aromatic rings. The Morgan fingerprint density at radius 1 is 1.30 bits per heavy atom. The van der Waals surface area contributed by atoms with Crippen molar-refractivity contribution in [3.05, 3.63) is 18.2 Å². The van der Waals surface area contributed by atoms with Crippen LogP contribution in [0.2, 0.25) is 0 Å². The van der Waals surface area contributed by atoms with E-state index in [4.69, 9.17) is 9.47 Å². The van der Waals surface area contributed by atoms with E-state index in [2.05, 4.69) is 9.24 Å². The van der Waals surface area contributed by atoms with Crippen molar-refractivity contribution in [1.29, 1.82) is 0 Å². The largest absolute Gasteiger partial charge is 0.454 e. The molecule has 0 bridgehead atoms. The van der Waals surface area contributed by atoms with Crippen LogP contribution in [0, 0.1) is 0 Å². The summed E-state index contributed by atoms with van der Waals surface area (Å²) in [6.07, 6.45) is 0. The molecular weight excluding hydrogens is 147 g/mol. The quantitative estimate of drug-likeness (QED) is 0.517. The van der Waals surface area contributed by atoms with Gasteiger partial charge in [-0.05, 0) is 6.07 Å². The molecule has 0 radical (unpaired) electrons. The summed E-state index contributed by atoms with van der Waals surface area (Å²) in [5, 5.41) is 1.05. The number of rotatable bonds is 0. The van der Waals surface area contributed by atoms with Gasteiger partial charge in [-0.25, -0.2) is 0 Å². The first-order chi connectivity index (χ1) is 4.88. The van der Waals surface area contributed by atoms with Gasteiger partial charge >= 0.3 is 0 Å². The van der Waals surface area contributed by atoms with Gasteiger partial charge in [0.15, 0.2) is 11.5 Å². The first-order valence-electron chi connectivity index (χ1n) is 3.02. The average Bonchev–Trinajstić information content (AvgIpc) is 2.36. The van der Waals surface area contributed by atoms with Crippen LogP contribution in [-0.2, 0) is 0 Å². The lowest BCUT2D eigenvalue weighted by molar-refractivity contribution is 0.174. The van der Waals surface area contributed by atoms with E-state index >= 15 is 0 Å². The van der Waals surface area contributed by atoms with Crippen LogP contribution in [-0.4, -0.2) is 6.79 Å². The molecule has 2 rings (SSSR count). The summed E-state index contributed by atoms with van der Waals surface area (Å²) >= 11 is 0. The van der Waals surface area contributed by atoms with Crippen molar-refractivity contribution in [2.75, 3.05) is 6.79 Å². The van der Waals surface area contributed by atoms with Crippen LogP contribution in [0.4, 0.5) is 0 Å². The summed E-state index contributed by atoms with van der Waals surface area (Å²) in [4.78, 5) is 0. The highest BCUT2D eigenvalue weighted by atomic mass is 31.0. The molecule has 1 heterocycles. The smallest absolute Gasteiger partial charge is 0.231 e. The summed E-state index contributed by atoms with van der Waals surface area (Å²) in [6.45, 7) is 0.348. The van der Waals surface area contributed by atoms with Gasteiger partial charge in [-0.3, -0.25) is 0 Å². The Kier molecular flexibility index (Phi) is 1.28. The summed E-state index contributed by atoms with van der Waals surface area (Å²) in [5.74, 6) is 1.69. The van der Waals surface area contributed by atoms with Crippen LogP contribution in [0.15, 0.2) is 18.2 Å². The minimum Gasteiger partial charge on any atom is -0.454 e. The van der Waals surface area contributed by atoms with Gasteiger partial charge in [-0.1, -0.05) is 12.1 Å². The first-order valence-corrected chi connectivity index (χ1v) is 3.60. The van der Waals surface area contributed by atoms with Crippen LogP contribution in [0.3, 0.4) is 0 Å². The van der Waals surface area contributed by atoms with Crippen molar-refractivity contribution >= 4 is 14.5 Å². The van der Waals surface area contributed by atoms with E-state index in [1.807, 2.05) is 18.2 Å². The first kappa shape index (κ1) is 5.99. The van der Waals surface area contributed by atoms with E-state index in [1.54, 1.807) is 0 Å². The maximum absolute atomic E-state index is 5.19. The monoisotopic (exact) mass is 154 g/mol. The lowest BCUT2D eigenvalue weighted by Crippen LogP contribution is -1.96. The third-order valence-corrected chi connectivity index (χ3v) is 1.88. The molecular formula is C7H7O2P. The highest BCUT2D eigenvalue weighted by molar-refractivity contribution is 7.27. The van der Waals surface area contributed by atoms with Crippen molar-refractivity contribution in [2.45, 2.75) is 0 Å². The topological polar surface area (TPSA) is 18.5 Å². The molecule has 0 fully saturated rings. The maximum Gasteiger partial charge on any atom is 0.231 e. The Labute approximate surface area is 61.3 Å². The minimum absolute atomic E-state index is 0.348. The Balaban J connectivity index is 2.59. The van der Waals surface area contributed by atoms with Gasteiger partial charge in [0, 0.05) is 5.30 Å². The van der Waals surface area contributed by atoms with Gasteiger partial charge in [0.2, 0.25) is 6.79 Å². The van der Waals surface area contributed by atoms with Crippen LogP contribution < -0.4 is 14.8 Å². The number of fused-ring (bicyclic) bond motifs is 1. The number of para-hydroxylation sites is 1. The molecule has 10 heavy (non-hydrogen) atoms. The van der Waals surface area contributed by atoms with E-state index in [0.29, 0.717) is 6.79 Å². The average molecular weight is 154 g/mol. The predicted octanol–water partition coefficient (Wildman–Crippen LogP) is 0.916. The molecule has 0 saturated carbocycles. The third kappa shape index (κ3) is 0.764. The molecule has 1 aliphatic heterocycles. The third-order valence-electron chi connectivity index (χ3n) is 1.43. The maximum atomic E-state index is 5.19. The zero-order valence-electron chi connectivity index (χ0n) is 5.33. The molecule has 1 aromatic carbocycles. The molecule has 0 aromatic heterocycles. The lowest BCUT2D eigenvalue weighted by Gasteiger charge is -1.96.